The van der Waals surface area contributed by atoms with Gasteiger partial charge in [-0.25, -0.2) is 5.43 Å². The van der Waals surface area contributed by atoms with E-state index in [1.54, 1.807) is 12.1 Å². The molecule has 4 heteroatoms. The van der Waals surface area contributed by atoms with Crippen LogP contribution in [0.2, 0.25) is 0 Å². The lowest BCUT2D eigenvalue weighted by Crippen LogP contribution is -2.18. The van der Waals surface area contributed by atoms with Crippen molar-refractivity contribution < 1.29 is 9.53 Å². The largest absolute Gasteiger partial charge is 0.494 e. The highest BCUT2D eigenvalue weighted by Crippen LogP contribution is 2.13. The molecule has 1 rings (SSSR count). The Kier molecular flexibility index (Phi) is 8.96. The van der Waals surface area contributed by atoms with Crippen molar-refractivity contribution in [2.24, 2.45) is 5.10 Å². The van der Waals surface area contributed by atoms with Crippen molar-refractivity contribution in [1.29, 1.82) is 0 Å². The highest BCUT2D eigenvalue weighted by Gasteiger charge is 2.04. The Morgan fingerprint density at radius 2 is 1.82 bits per heavy atom. The normalized spacial score (nSPS) is 11.3. The lowest BCUT2D eigenvalue weighted by Gasteiger charge is -2.07. The molecule has 0 aliphatic carbocycles. The van der Waals surface area contributed by atoms with Crippen molar-refractivity contribution in [1.82, 2.24) is 5.43 Å². The number of hydrazone groups is 1. The molecule has 4 nitrogen and oxygen atoms in total. The molecule has 0 saturated heterocycles. The number of unbranched alkanes of at least 4 members (excludes halogenated alkanes) is 3. The van der Waals surface area contributed by atoms with Gasteiger partial charge in [0.2, 0.25) is 0 Å². The van der Waals surface area contributed by atoms with Crippen LogP contribution in [-0.4, -0.2) is 18.2 Å². The molecule has 0 atom stereocenters. The summed E-state index contributed by atoms with van der Waals surface area (Å²) in [5, 5.41) is 4.08. The Balaban J connectivity index is 2.40. The molecule has 1 aromatic rings. The monoisotopic (exact) mass is 304 g/mol. The predicted octanol–water partition coefficient (Wildman–Crippen LogP) is 4.55. The first-order valence-corrected chi connectivity index (χ1v) is 8.23. The quantitative estimate of drug-likeness (QED) is 0.391. The molecule has 0 unspecified atom stereocenters. The number of ether oxygens (including phenoxy) is 1. The zero-order chi connectivity index (χ0) is 16.2. The molecule has 22 heavy (non-hydrogen) atoms. The molecule has 0 fully saturated rings. The second-order valence-electron chi connectivity index (χ2n) is 5.47. The van der Waals surface area contributed by atoms with E-state index in [0.717, 1.165) is 37.3 Å². The third kappa shape index (κ3) is 7.25. The van der Waals surface area contributed by atoms with Gasteiger partial charge in [0.1, 0.15) is 5.75 Å². The third-order valence-corrected chi connectivity index (χ3v) is 3.34. The first-order valence-electron chi connectivity index (χ1n) is 8.23. The molecular weight excluding hydrogens is 276 g/mol. The van der Waals surface area contributed by atoms with Crippen molar-refractivity contribution in [2.45, 2.75) is 59.3 Å². The number of carbonyl (C=O) groups excluding carboxylic acids is 1. The molecule has 1 N–H and O–H groups in total. The van der Waals surface area contributed by atoms with Crippen LogP contribution >= 0.6 is 0 Å². The van der Waals surface area contributed by atoms with Gasteiger partial charge in [0.15, 0.2) is 0 Å². The lowest BCUT2D eigenvalue weighted by molar-refractivity contribution is 0.0954. The minimum absolute atomic E-state index is 0.190. The van der Waals surface area contributed by atoms with Crippen LogP contribution in [0.1, 0.15) is 69.7 Å². The molecule has 1 aromatic carbocycles. The summed E-state index contributed by atoms with van der Waals surface area (Å²) in [7, 11) is 0. The van der Waals surface area contributed by atoms with Crippen LogP contribution in [0.25, 0.3) is 0 Å². The molecule has 122 valence electrons. The van der Waals surface area contributed by atoms with Crippen molar-refractivity contribution in [2.75, 3.05) is 6.61 Å². The Morgan fingerprint density at radius 1 is 1.09 bits per heavy atom. The van der Waals surface area contributed by atoms with Crippen LogP contribution in [0.15, 0.2) is 29.4 Å². The van der Waals surface area contributed by atoms with Crippen molar-refractivity contribution in [3.8, 4) is 5.75 Å². The molecule has 0 radical (unpaired) electrons. The van der Waals surface area contributed by atoms with Gasteiger partial charge in [0, 0.05) is 11.3 Å². The molecule has 0 aliphatic heterocycles. The highest BCUT2D eigenvalue weighted by molar-refractivity contribution is 5.95. The topological polar surface area (TPSA) is 50.7 Å². The van der Waals surface area contributed by atoms with Gasteiger partial charge in [-0.3, -0.25) is 4.79 Å². The maximum absolute atomic E-state index is 11.9. The number of benzene rings is 1. The average Bonchev–Trinajstić information content (AvgIpc) is 2.53. The second kappa shape index (κ2) is 10.8. The standard InChI is InChI=1S/C18H28N2O2/c1-4-6-7-8-14-22-17-12-10-16(11-13-17)18(21)20-19-15(3)9-5-2/h10-13H,4-9,14H2,1-3H3,(H,20,21)/b19-15+. The van der Waals surface area contributed by atoms with Gasteiger partial charge in [-0.2, -0.15) is 5.10 Å². The number of amides is 1. The lowest BCUT2D eigenvalue weighted by atomic mass is 10.2. The summed E-state index contributed by atoms with van der Waals surface area (Å²) in [4.78, 5) is 11.9. The summed E-state index contributed by atoms with van der Waals surface area (Å²) in [6.07, 6.45) is 6.67. The van der Waals surface area contributed by atoms with E-state index in [4.69, 9.17) is 4.74 Å². The van der Waals surface area contributed by atoms with Crippen molar-refractivity contribution >= 4 is 11.6 Å². The summed E-state index contributed by atoms with van der Waals surface area (Å²) < 4.78 is 5.66. The molecule has 0 bridgehead atoms. The molecule has 0 aliphatic rings. The molecule has 0 heterocycles. The molecule has 0 aromatic heterocycles. The zero-order valence-corrected chi connectivity index (χ0v) is 14.0. The highest BCUT2D eigenvalue weighted by atomic mass is 16.5. The number of hydrogen-bond acceptors (Lipinski definition) is 3. The van der Waals surface area contributed by atoms with Gasteiger partial charge < -0.3 is 4.74 Å². The van der Waals surface area contributed by atoms with Crippen LogP contribution in [0.4, 0.5) is 0 Å². The van der Waals surface area contributed by atoms with Crippen LogP contribution in [0.3, 0.4) is 0 Å². The van der Waals surface area contributed by atoms with E-state index in [0.29, 0.717) is 5.56 Å². The Bertz CT molecular complexity index is 466. The molecule has 0 saturated carbocycles. The summed E-state index contributed by atoms with van der Waals surface area (Å²) in [6, 6.07) is 7.19. The van der Waals surface area contributed by atoms with Crippen LogP contribution in [0, 0.1) is 0 Å². The Morgan fingerprint density at radius 3 is 2.45 bits per heavy atom. The molecule has 1 amide bonds. The number of carbonyl (C=O) groups is 1. The fraction of sp³-hybridized carbons (Fsp3) is 0.556. The first kappa shape index (κ1) is 18.2. The van der Waals surface area contributed by atoms with E-state index in [2.05, 4.69) is 24.4 Å². The van der Waals surface area contributed by atoms with E-state index >= 15 is 0 Å². The number of rotatable bonds is 10. The average molecular weight is 304 g/mol. The SMILES string of the molecule is CCCCCCOc1ccc(C(=O)N/N=C(\C)CCC)cc1. The van der Waals surface area contributed by atoms with Gasteiger partial charge in [-0.1, -0.05) is 39.5 Å². The fourth-order valence-corrected chi connectivity index (χ4v) is 2.05. The maximum Gasteiger partial charge on any atom is 0.271 e. The summed E-state index contributed by atoms with van der Waals surface area (Å²) in [5.41, 5.74) is 4.10. The van der Waals surface area contributed by atoms with Gasteiger partial charge in [-0.05, 0) is 44.0 Å². The van der Waals surface area contributed by atoms with Crippen molar-refractivity contribution in [3.05, 3.63) is 29.8 Å². The number of nitrogens with zero attached hydrogens (tertiary/aromatic N) is 1. The number of hydrogen-bond donors (Lipinski definition) is 1. The fourth-order valence-electron chi connectivity index (χ4n) is 2.05. The predicted molar refractivity (Wildman–Crippen MR) is 91.6 cm³/mol. The van der Waals surface area contributed by atoms with E-state index in [1.807, 2.05) is 19.1 Å². The van der Waals surface area contributed by atoms with E-state index < -0.39 is 0 Å². The minimum Gasteiger partial charge on any atom is -0.494 e. The Labute approximate surface area is 134 Å². The smallest absolute Gasteiger partial charge is 0.271 e. The van der Waals surface area contributed by atoms with E-state index in [9.17, 15) is 4.79 Å². The molecule has 0 spiro atoms. The number of nitrogens with one attached hydrogen (secondary N) is 1. The second-order valence-corrected chi connectivity index (χ2v) is 5.47. The van der Waals surface area contributed by atoms with Gasteiger partial charge in [-0.15, -0.1) is 0 Å². The van der Waals surface area contributed by atoms with Gasteiger partial charge >= 0.3 is 0 Å². The van der Waals surface area contributed by atoms with Crippen LogP contribution in [0.5, 0.6) is 5.75 Å². The first-order chi connectivity index (χ1) is 10.7. The van der Waals surface area contributed by atoms with E-state index in [1.165, 1.54) is 19.3 Å². The van der Waals surface area contributed by atoms with Crippen molar-refractivity contribution in [3.63, 3.8) is 0 Å². The van der Waals surface area contributed by atoms with Gasteiger partial charge in [0.25, 0.3) is 5.91 Å². The van der Waals surface area contributed by atoms with Crippen LogP contribution in [-0.2, 0) is 0 Å². The van der Waals surface area contributed by atoms with Gasteiger partial charge in [0.05, 0.1) is 6.61 Å². The summed E-state index contributed by atoms with van der Waals surface area (Å²) >= 11 is 0. The molecular formula is C18H28N2O2. The summed E-state index contributed by atoms with van der Waals surface area (Å²) in [6.45, 7) is 6.92. The Hall–Kier alpha value is -1.84. The zero-order valence-electron chi connectivity index (χ0n) is 14.0. The van der Waals surface area contributed by atoms with Crippen LogP contribution < -0.4 is 10.2 Å². The summed E-state index contributed by atoms with van der Waals surface area (Å²) in [5.74, 6) is 0.615. The van der Waals surface area contributed by atoms with E-state index in [-0.39, 0.29) is 5.91 Å². The minimum atomic E-state index is -0.190. The third-order valence-electron chi connectivity index (χ3n) is 3.34. The maximum atomic E-state index is 11.9.